The fourth-order valence-electron chi connectivity index (χ4n) is 3.80. The summed E-state index contributed by atoms with van der Waals surface area (Å²) >= 11 is 1.89. The summed E-state index contributed by atoms with van der Waals surface area (Å²) in [5.74, 6) is 1.69. The topological polar surface area (TPSA) is 38.1 Å². The lowest BCUT2D eigenvalue weighted by Crippen LogP contribution is -2.40. The first kappa shape index (κ1) is 16.9. The normalized spacial score (nSPS) is 20.3. The van der Waals surface area contributed by atoms with Gasteiger partial charge in [0.2, 0.25) is 5.91 Å². The average molecular weight is 336 g/mol. The van der Waals surface area contributed by atoms with Crippen molar-refractivity contribution in [2.75, 3.05) is 18.8 Å². The fourth-order valence-corrected chi connectivity index (χ4v) is 5.03. The molecule has 5 heteroatoms. The van der Waals surface area contributed by atoms with E-state index in [2.05, 4.69) is 27.7 Å². The second kappa shape index (κ2) is 7.73. The number of amides is 1. The molecule has 0 unspecified atom stereocenters. The molecule has 4 nitrogen and oxygen atoms in total. The Morgan fingerprint density at radius 3 is 2.52 bits per heavy atom. The Morgan fingerprint density at radius 1 is 1.22 bits per heavy atom. The maximum atomic E-state index is 12.4. The number of aromatic nitrogens is 2. The van der Waals surface area contributed by atoms with Gasteiger partial charge in [0.05, 0.1) is 11.4 Å². The fraction of sp³-hybridized carbons (Fsp3) is 0.778. The predicted molar refractivity (Wildman–Crippen MR) is 95.7 cm³/mol. The lowest BCUT2D eigenvalue weighted by atomic mass is 9.97. The van der Waals surface area contributed by atoms with Crippen LogP contribution >= 0.6 is 11.8 Å². The van der Waals surface area contributed by atoms with E-state index in [1.54, 1.807) is 0 Å². The van der Waals surface area contributed by atoms with Crippen molar-refractivity contribution >= 4 is 17.7 Å². The molecule has 1 saturated carbocycles. The molecule has 2 aliphatic rings. The first-order valence-corrected chi connectivity index (χ1v) is 10.1. The molecule has 0 spiro atoms. The Kier molecular flexibility index (Phi) is 5.67. The third kappa shape index (κ3) is 4.52. The van der Waals surface area contributed by atoms with Crippen LogP contribution in [0, 0.1) is 19.8 Å². The lowest BCUT2D eigenvalue weighted by molar-refractivity contribution is -0.129. The van der Waals surface area contributed by atoms with Crippen molar-refractivity contribution in [3.05, 3.63) is 17.5 Å². The number of carbonyl (C=O) groups excluding carboxylic acids is 1. The van der Waals surface area contributed by atoms with Gasteiger partial charge in [-0.3, -0.25) is 9.48 Å². The molecule has 1 aliphatic carbocycles. The molecule has 0 radical (unpaired) electrons. The van der Waals surface area contributed by atoms with Crippen LogP contribution in [0.15, 0.2) is 6.07 Å². The molecule has 1 amide bonds. The van der Waals surface area contributed by atoms with E-state index in [0.29, 0.717) is 17.6 Å². The lowest BCUT2D eigenvalue weighted by Gasteiger charge is -2.32. The standard InChI is InChI=1S/C18H29N3OS/c1-14-11-15(2)21(19-14)12-16-7-9-20(10-8-16)18(22)13-23-17-5-3-4-6-17/h11,16-17H,3-10,12-13H2,1-2H3. The Hall–Kier alpha value is -0.970. The molecule has 3 rings (SSSR count). The average Bonchev–Trinajstić information content (AvgIpc) is 3.16. The highest BCUT2D eigenvalue weighted by atomic mass is 32.2. The molecule has 2 heterocycles. The predicted octanol–water partition coefficient (Wildman–Crippen LogP) is 3.41. The first-order chi connectivity index (χ1) is 11.1. The molecule has 0 bridgehead atoms. The minimum Gasteiger partial charge on any atom is -0.342 e. The SMILES string of the molecule is Cc1cc(C)n(CC2CCN(C(=O)CSC3CCCC3)CC2)n1. The Morgan fingerprint density at radius 2 is 1.91 bits per heavy atom. The molecule has 128 valence electrons. The Bertz CT molecular complexity index is 528. The van der Waals surface area contributed by atoms with Crippen LogP contribution in [0.2, 0.25) is 0 Å². The molecule has 0 N–H and O–H groups in total. The van der Waals surface area contributed by atoms with Gasteiger partial charge in [-0.2, -0.15) is 5.10 Å². The molecular weight excluding hydrogens is 306 g/mol. The van der Waals surface area contributed by atoms with Crippen molar-refractivity contribution in [2.45, 2.75) is 64.2 Å². The summed E-state index contributed by atoms with van der Waals surface area (Å²) < 4.78 is 2.13. The monoisotopic (exact) mass is 335 g/mol. The van der Waals surface area contributed by atoms with Crippen molar-refractivity contribution in [3.8, 4) is 0 Å². The van der Waals surface area contributed by atoms with Crippen LogP contribution in [-0.4, -0.2) is 44.7 Å². The van der Waals surface area contributed by atoms with E-state index in [9.17, 15) is 4.79 Å². The second-order valence-electron chi connectivity index (χ2n) is 7.15. The summed E-state index contributed by atoms with van der Waals surface area (Å²) in [4.78, 5) is 14.4. The maximum Gasteiger partial charge on any atom is 0.232 e. The third-order valence-electron chi connectivity index (χ3n) is 5.25. The van der Waals surface area contributed by atoms with E-state index in [4.69, 9.17) is 0 Å². The van der Waals surface area contributed by atoms with E-state index in [1.807, 2.05) is 18.7 Å². The largest absolute Gasteiger partial charge is 0.342 e. The summed E-state index contributed by atoms with van der Waals surface area (Å²) in [6, 6.07) is 2.14. The first-order valence-electron chi connectivity index (χ1n) is 9.02. The van der Waals surface area contributed by atoms with Crippen molar-refractivity contribution < 1.29 is 4.79 Å². The Balaban J connectivity index is 1.40. The minimum atomic E-state index is 0.353. The molecule has 23 heavy (non-hydrogen) atoms. The van der Waals surface area contributed by atoms with E-state index >= 15 is 0 Å². The number of rotatable bonds is 5. The number of piperidine rings is 1. The summed E-state index contributed by atoms with van der Waals surface area (Å²) in [7, 11) is 0. The van der Waals surface area contributed by atoms with Crippen molar-refractivity contribution in [1.29, 1.82) is 0 Å². The van der Waals surface area contributed by atoms with Gasteiger partial charge in [-0.1, -0.05) is 12.8 Å². The smallest absolute Gasteiger partial charge is 0.232 e. The number of nitrogens with zero attached hydrogens (tertiary/aromatic N) is 3. The van der Waals surface area contributed by atoms with Gasteiger partial charge >= 0.3 is 0 Å². The second-order valence-corrected chi connectivity index (χ2v) is 8.44. The summed E-state index contributed by atoms with van der Waals surface area (Å²) in [6.45, 7) is 7.02. The van der Waals surface area contributed by atoms with Crippen molar-refractivity contribution in [2.24, 2.45) is 5.92 Å². The van der Waals surface area contributed by atoms with E-state index < -0.39 is 0 Å². The van der Waals surface area contributed by atoms with Gasteiger partial charge < -0.3 is 4.90 Å². The highest BCUT2D eigenvalue weighted by Gasteiger charge is 2.24. The zero-order chi connectivity index (χ0) is 16.2. The zero-order valence-corrected chi connectivity index (χ0v) is 15.3. The number of hydrogen-bond donors (Lipinski definition) is 0. The maximum absolute atomic E-state index is 12.4. The van der Waals surface area contributed by atoms with Crippen LogP contribution in [-0.2, 0) is 11.3 Å². The van der Waals surface area contributed by atoms with Crippen molar-refractivity contribution in [1.82, 2.24) is 14.7 Å². The third-order valence-corrected chi connectivity index (χ3v) is 6.60. The summed E-state index contributed by atoms with van der Waals surface area (Å²) in [5, 5.41) is 5.30. The number of likely N-dealkylation sites (tertiary alicyclic amines) is 1. The quantitative estimate of drug-likeness (QED) is 0.827. The molecule has 1 aliphatic heterocycles. The zero-order valence-electron chi connectivity index (χ0n) is 14.5. The van der Waals surface area contributed by atoms with Crippen LogP contribution < -0.4 is 0 Å². The Labute approximate surface area is 144 Å². The molecule has 2 fully saturated rings. The van der Waals surface area contributed by atoms with Gasteiger partial charge in [-0.25, -0.2) is 0 Å². The van der Waals surface area contributed by atoms with E-state index in [-0.39, 0.29) is 0 Å². The number of aryl methyl sites for hydroxylation is 2. The molecular formula is C18H29N3OS. The molecule has 1 aromatic rings. The van der Waals surface area contributed by atoms with Gasteiger partial charge in [0.25, 0.3) is 0 Å². The minimum absolute atomic E-state index is 0.353. The summed E-state index contributed by atoms with van der Waals surface area (Å²) in [6.07, 6.45) is 7.54. The van der Waals surface area contributed by atoms with Gasteiger partial charge in [0.1, 0.15) is 0 Å². The number of hydrogen-bond acceptors (Lipinski definition) is 3. The highest BCUT2D eigenvalue weighted by Crippen LogP contribution is 2.30. The van der Waals surface area contributed by atoms with Crippen LogP contribution in [0.1, 0.15) is 49.9 Å². The van der Waals surface area contributed by atoms with Gasteiger partial charge in [0, 0.05) is 30.6 Å². The van der Waals surface area contributed by atoms with Crippen LogP contribution in [0.25, 0.3) is 0 Å². The van der Waals surface area contributed by atoms with Crippen LogP contribution in [0.3, 0.4) is 0 Å². The van der Waals surface area contributed by atoms with Gasteiger partial charge in [-0.15, -0.1) is 11.8 Å². The van der Waals surface area contributed by atoms with Gasteiger partial charge in [-0.05, 0) is 51.5 Å². The number of carbonyl (C=O) groups is 1. The van der Waals surface area contributed by atoms with Gasteiger partial charge in [0.15, 0.2) is 0 Å². The van der Waals surface area contributed by atoms with Crippen molar-refractivity contribution in [3.63, 3.8) is 0 Å². The highest BCUT2D eigenvalue weighted by molar-refractivity contribution is 8.00. The number of thioether (sulfide) groups is 1. The molecule has 1 aromatic heterocycles. The summed E-state index contributed by atoms with van der Waals surface area (Å²) in [5.41, 5.74) is 2.34. The molecule has 0 atom stereocenters. The van der Waals surface area contributed by atoms with E-state index in [1.165, 1.54) is 31.4 Å². The van der Waals surface area contributed by atoms with Crippen LogP contribution in [0.4, 0.5) is 0 Å². The molecule has 1 saturated heterocycles. The van der Waals surface area contributed by atoms with Crippen LogP contribution in [0.5, 0.6) is 0 Å². The molecule has 0 aromatic carbocycles. The van der Waals surface area contributed by atoms with E-state index in [0.717, 1.165) is 43.4 Å².